The van der Waals surface area contributed by atoms with Crippen LogP contribution in [0.3, 0.4) is 0 Å². The van der Waals surface area contributed by atoms with E-state index in [4.69, 9.17) is 20.1 Å². The third kappa shape index (κ3) is 6.31. The zero-order chi connectivity index (χ0) is 24.2. The molecule has 1 saturated heterocycles. The number of carboxylic acid groups (broad SMARTS) is 1. The van der Waals surface area contributed by atoms with Crippen LogP contribution in [-0.4, -0.2) is 56.1 Å². The molecule has 0 spiro atoms. The van der Waals surface area contributed by atoms with Crippen molar-refractivity contribution in [3.63, 3.8) is 0 Å². The lowest BCUT2D eigenvalue weighted by atomic mass is 9.97. The van der Waals surface area contributed by atoms with Gasteiger partial charge in [-0.05, 0) is 49.9 Å². The molecular weight excluding hydrogens is 443 g/mol. The van der Waals surface area contributed by atoms with Gasteiger partial charge in [-0.1, -0.05) is 5.21 Å². The largest absolute Gasteiger partial charge is 0.490 e. The van der Waals surface area contributed by atoms with Crippen LogP contribution in [0.5, 0.6) is 0 Å². The molecule has 2 aromatic heterocycles. The summed E-state index contributed by atoms with van der Waals surface area (Å²) in [6, 6.07) is 7.61. The topological polar surface area (TPSA) is 127 Å². The standard InChI is InChI=1S/C19H23N5O2.C2HF3O2/c1-13-7-16-8-15(4-5-18(16)26-13)19(25)23-6-2-3-14(10-23)11-24-12-17(9-20)21-22-24;3-2(4,5)1(6)7/h4-5,7-8,12,14H,2-3,6,9-11,20H2,1H3;(H,6,7). The first-order valence-corrected chi connectivity index (χ1v) is 10.3. The summed E-state index contributed by atoms with van der Waals surface area (Å²) in [6.45, 7) is 4.60. The van der Waals surface area contributed by atoms with Crippen molar-refractivity contribution in [3.05, 3.63) is 47.5 Å². The number of aliphatic carboxylic acids is 1. The molecule has 9 nitrogen and oxygen atoms in total. The predicted octanol–water partition coefficient (Wildman–Crippen LogP) is 2.98. The van der Waals surface area contributed by atoms with Crippen LogP contribution in [0.4, 0.5) is 13.2 Å². The molecule has 1 unspecified atom stereocenters. The van der Waals surface area contributed by atoms with E-state index in [1.54, 1.807) is 0 Å². The highest BCUT2D eigenvalue weighted by molar-refractivity contribution is 5.97. The van der Waals surface area contributed by atoms with Crippen LogP contribution >= 0.6 is 0 Å². The van der Waals surface area contributed by atoms with Gasteiger partial charge < -0.3 is 20.2 Å². The lowest BCUT2D eigenvalue weighted by molar-refractivity contribution is -0.192. The molecule has 0 radical (unpaired) electrons. The Morgan fingerprint density at radius 1 is 1.30 bits per heavy atom. The van der Waals surface area contributed by atoms with Crippen molar-refractivity contribution >= 4 is 22.8 Å². The van der Waals surface area contributed by atoms with E-state index in [1.807, 2.05) is 47.0 Å². The van der Waals surface area contributed by atoms with E-state index in [1.165, 1.54) is 0 Å². The minimum Gasteiger partial charge on any atom is -0.475 e. The van der Waals surface area contributed by atoms with Gasteiger partial charge in [0, 0.05) is 43.3 Å². The number of aryl methyl sites for hydroxylation is 1. The number of carbonyl (C=O) groups is 2. The van der Waals surface area contributed by atoms with Crippen molar-refractivity contribution in [2.75, 3.05) is 13.1 Å². The summed E-state index contributed by atoms with van der Waals surface area (Å²) in [6.07, 6.45) is -1.11. The summed E-state index contributed by atoms with van der Waals surface area (Å²) >= 11 is 0. The number of likely N-dealkylation sites (tertiary alicyclic amines) is 1. The predicted molar refractivity (Wildman–Crippen MR) is 111 cm³/mol. The molecule has 1 amide bonds. The molecule has 0 saturated carbocycles. The van der Waals surface area contributed by atoms with Crippen molar-refractivity contribution < 1.29 is 32.3 Å². The van der Waals surface area contributed by atoms with E-state index >= 15 is 0 Å². The van der Waals surface area contributed by atoms with Crippen LogP contribution in [0, 0.1) is 12.8 Å². The number of hydrogen-bond acceptors (Lipinski definition) is 6. The minimum absolute atomic E-state index is 0.0803. The van der Waals surface area contributed by atoms with E-state index in [2.05, 4.69) is 10.3 Å². The molecule has 12 heteroatoms. The van der Waals surface area contributed by atoms with Gasteiger partial charge in [0.05, 0.1) is 5.69 Å². The maximum atomic E-state index is 12.9. The molecule has 178 valence electrons. The molecule has 4 rings (SSSR count). The van der Waals surface area contributed by atoms with Crippen molar-refractivity contribution in [2.45, 2.75) is 39.0 Å². The highest BCUT2D eigenvalue weighted by Gasteiger charge is 2.38. The SMILES string of the molecule is Cc1cc2cc(C(=O)N3CCCC(Cn4cc(CN)nn4)C3)ccc2o1.O=C(O)C(F)(F)F. The van der Waals surface area contributed by atoms with Gasteiger partial charge in [-0.2, -0.15) is 13.2 Å². The van der Waals surface area contributed by atoms with E-state index in [0.717, 1.165) is 54.9 Å². The summed E-state index contributed by atoms with van der Waals surface area (Å²) in [5.74, 6) is -1.45. The average molecular weight is 467 g/mol. The summed E-state index contributed by atoms with van der Waals surface area (Å²) in [5, 5.41) is 16.2. The number of nitrogens with zero attached hydrogens (tertiary/aromatic N) is 4. The zero-order valence-electron chi connectivity index (χ0n) is 17.9. The van der Waals surface area contributed by atoms with Gasteiger partial charge in [0.2, 0.25) is 0 Å². The number of piperidine rings is 1. The normalized spacial score (nSPS) is 16.4. The number of amides is 1. The third-order valence-corrected chi connectivity index (χ3v) is 5.18. The van der Waals surface area contributed by atoms with Gasteiger partial charge in [-0.3, -0.25) is 9.48 Å². The molecule has 33 heavy (non-hydrogen) atoms. The molecule has 3 N–H and O–H groups in total. The maximum Gasteiger partial charge on any atom is 0.490 e. The van der Waals surface area contributed by atoms with Crippen LogP contribution in [0.1, 0.15) is 34.7 Å². The second kappa shape index (κ2) is 10.0. The number of aromatic nitrogens is 3. The minimum atomic E-state index is -5.08. The first kappa shape index (κ1) is 24.2. The Balaban J connectivity index is 0.000000383. The summed E-state index contributed by atoms with van der Waals surface area (Å²) in [7, 11) is 0. The van der Waals surface area contributed by atoms with Crippen molar-refractivity contribution in [1.29, 1.82) is 0 Å². The van der Waals surface area contributed by atoms with Crippen molar-refractivity contribution in [1.82, 2.24) is 19.9 Å². The summed E-state index contributed by atoms with van der Waals surface area (Å²) in [5.41, 5.74) is 7.91. The van der Waals surface area contributed by atoms with E-state index in [-0.39, 0.29) is 5.91 Å². The van der Waals surface area contributed by atoms with Crippen LogP contribution in [0.25, 0.3) is 11.0 Å². The van der Waals surface area contributed by atoms with Crippen molar-refractivity contribution in [2.24, 2.45) is 11.7 Å². The van der Waals surface area contributed by atoms with Gasteiger partial charge in [0.15, 0.2) is 0 Å². The number of fused-ring (bicyclic) bond motifs is 1. The average Bonchev–Trinajstić information content (AvgIpc) is 3.37. The number of halogens is 3. The molecule has 1 aliphatic rings. The van der Waals surface area contributed by atoms with Gasteiger partial charge >= 0.3 is 12.1 Å². The Labute approximate surface area is 186 Å². The third-order valence-electron chi connectivity index (χ3n) is 5.18. The molecule has 1 fully saturated rings. The Bertz CT molecular complexity index is 1120. The number of furan rings is 1. The van der Waals surface area contributed by atoms with E-state index < -0.39 is 12.1 Å². The smallest absolute Gasteiger partial charge is 0.475 e. The van der Waals surface area contributed by atoms with E-state index in [9.17, 15) is 18.0 Å². The van der Waals surface area contributed by atoms with Crippen LogP contribution in [0.15, 0.2) is 34.9 Å². The molecule has 0 bridgehead atoms. The number of hydrogen-bond donors (Lipinski definition) is 2. The molecule has 3 heterocycles. The highest BCUT2D eigenvalue weighted by Crippen LogP contribution is 2.24. The lowest BCUT2D eigenvalue weighted by Crippen LogP contribution is -2.41. The van der Waals surface area contributed by atoms with Gasteiger partial charge in [-0.15, -0.1) is 5.10 Å². The summed E-state index contributed by atoms with van der Waals surface area (Å²) in [4.78, 5) is 23.8. The highest BCUT2D eigenvalue weighted by atomic mass is 19.4. The van der Waals surface area contributed by atoms with Gasteiger partial charge in [0.1, 0.15) is 11.3 Å². The van der Waals surface area contributed by atoms with Gasteiger partial charge in [0.25, 0.3) is 5.91 Å². The van der Waals surface area contributed by atoms with Crippen LogP contribution in [0.2, 0.25) is 0 Å². The second-order valence-corrected chi connectivity index (χ2v) is 7.81. The van der Waals surface area contributed by atoms with E-state index in [0.29, 0.717) is 18.0 Å². The number of rotatable bonds is 4. The molecular formula is C21H24F3N5O4. The quantitative estimate of drug-likeness (QED) is 0.604. The fraction of sp³-hybridized carbons (Fsp3) is 0.429. The maximum absolute atomic E-state index is 12.9. The lowest BCUT2D eigenvalue weighted by Gasteiger charge is -2.32. The van der Waals surface area contributed by atoms with Crippen LogP contribution < -0.4 is 5.73 Å². The van der Waals surface area contributed by atoms with Crippen molar-refractivity contribution in [3.8, 4) is 0 Å². The fourth-order valence-electron chi connectivity index (χ4n) is 3.68. The molecule has 1 aromatic carbocycles. The first-order valence-electron chi connectivity index (χ1n) is 10.3. The Morgan fingerprint density at radius 3 is 2.67 bits per heavy atom. The van der Waals surface area contributed by atoms with Crippen LogP contribution in [-0.2, 0) is 17.9 Å². The fourth-order valence-corrected chi connectivity index (χ4v) is 3.68. The van der Waals surface area contributed by atoms with Gasteiger partial charge in [-0.25, -0.2) is 4.79 Å². The molecule has 0 aliphatic carbocycles. The number of alkyl halides is 3. The Hall–Kier alpha value is -3.41. The number of benzene rings is 1. The Kier molecular flexibility index (Phi) is 7.36. The zero-order valence-corrected chi connectivity index (χ0v) is 17.9. The summed E-state index contributed by atoms with van der Waals surface area (Å²) < 4.78 is 39.2. The number of nitrogens with two attached hydrogens (primary N) is 1. The molecule has 1 atom stereocenters. The monoisotopic (exact) mass is 467 g/mol. The molecule has 1 aliphatic heterocycles. The number of carboxylic acids is 1. The second-order valence-electron chi connectivity index (χ2n) is 7.81. The number of carbonyl (C=O) groups excluding carboxylic acids is 1. The Morgan fingerprint density at radius 2 is 2.03 bits per heavy atom. The first-order chi connectivity index (χ1) is 15.6. The molecule has 3 aromatic rings.